The first-order valence-electron chi connectivity index (χ1n) is 5.31. The molecule has 1 aromatic carbocycles. The van der Waals surface area contributed by atoms with Gasteiger partial charge in [0.05, 0.1) is 10.6 Å². The fourth-order valence-electron chi connectivity index (χ4n) is 1.38. The number of nitrogens with zero attached hydrogens (tertiary/aromatic N) is 1. The van der Waals surface area contributed by atoms with E-state index in [1.54, 1.807) is 18.2 Å². The Balaban J connectivity index is 2.08. The number of hydrazone groups is 1. The number of carbonyl (C=O) groups excluding carboxylic acids is 1. The molecule has 2 aromatic rings. The first-order chi connectivity index (χ1) is 8.66. The Hall–Kier alpha value is -1.65. The first kappa shape index (κ1) is 12.8. The lowest BCUT2D eigenvalue weighted by molar-refractivity contribution is 0.0959. The average Bonchev–Trinajstić information content (AvgIpc) is 2.89. The highest BCUT2D eigenvalue weighted by Crippen LogP contribution is 2.11. The average molecular weight is 279 g/mol. The van der Waals surface area contributed by atoms with Gasteiger partial charge in [-0.3, -0.25) is 4.79 Å². The lowest BCUT2D eigenvalue weighted by atomic mass is 10.1. The van der Waals surface area contributed by atoms with Crippen molar-refractivity contribution >= 4 is 34.6 Å². The van der Waals surface area contributed by atoms with Gasteiger partial charge in [-0.15, -0.1) is 11.3 Å². The number of hydrogen-bond donors (Lipinski definition) is 1. The highest BCUT2D eigenvalue weighted by molar-refractivity contribution is 7.12. The van der Waals surface area contributed by atoms with E-state index < -0.39 is 0 Å². The lowest BCUT2D eigenvalue weighted by Crippen LogP contribution is -2.18. The van der Waals surface area contributed by atoms with Crippen LogP contribution in [0.5, 0.6) is 0 Å². The van der Waals surface area contributed by atoms with Crippen LogP contribution in [0.3, 0.4) is 0 Å². The molecule has 0 bridgehead atoms. The van der Waals surface area contributed by atoms with Gasteiger partial charge in [-0.05, 0) is 36.1 Å². The monoisotopic (exact) mass is 278 g/mol. The third-order valence-corrected chi connectivity index (χ3v) is 3.42. The maximum Gasteiger partial charge on any atom is 0.281 e. The van der Waals surface area contributed by atoms with E-state index in [1.807, 2.05) is 30.5 Å². The van der Waals surface area contributed by atoms with Gasteiger partial charge in [0, 0.05) is 5.02 Å². The molecule has 0 aliphatic rings. The highest BCUT2D eigenvalue weighted by Gasteiger charge is 2.05. The summed E-state index contributed by atoms with van der Waals surface area (Å²) in [5.74, 6) is -0.202. The molecular weight excluding hydrogens is 268 g/mol. The van der Waals surface area contributed by atoms with Gasteiger partial charge in [-0.1, -0.05) is 29.8 Å². The van der Waals surface area contributed by atoms with E-state index in [0.29, 0.717) is 15.6 Å². The van der Waals surface area contributed by atoms with E-state index in [1.165, 1.54) is 11.3 Å². The molecule has 0 radical (unpaired) electrons. The minimum absolute atomic E-state index is 0.202. The summed E-state index contributed by atoms with van der Waals surface area (Å²) in [6.07, 6.45) is 0. The minimum atomic E-state index is -0.202. The Bertz CT molecular complexity index is 578. The molecule has 0 unspecified atom stereocenters. The Morgan fingerprint density at radius 2 is 2.17 bits per heavy atom. The summed E-state index contributed by atoms with van der Waals surface area (Å²) in [6, 6.07) is 10.9. The number of hydrogen-bond acceptors (Lipinski definition) is 3. The predicted octanol–water partition coefficient (Wildman–Crippen LogP) is 3.56. The SMILES string of the molecule is C/C(=N/NC(=O)c1cccs1)c1cccc(Cl)c1. The van der Waals surface area contributed by atoms with Gasteiger partial charge in [0.25, 0.3) is 5.91 Å². The summed E-state index contributed by atoms with van der Waals surface area (Å²) in [5, 5.41) is 6.55. The summed E-state index contributed by atoms with van der Waals surface area (Å²) < 4.78 is 0. The predicted molar refractivity (Wildman–Crippen MR) is 75.4 cm³/mol. The van der Waals surface area contributed by atoms with Crippen LogP contribution < -0.4 is 5.43 Å². The molecule has 5 heteroatoms. The number of thiophene rings is 1. The maximum atomic E-state index is 11.7. The molecule has 0 saturated heterocycles. The number of carbonyl (C=O) groups is 1. The van der Waals surface area contributed by atoms with Gasteiger partial charge >= 0.3 is 0 Å². The quantitative estimate of drug-likeness (QED) is 0.677. The molecule has 3 nitrogen and oxygen atoms in total. The second kappa shape index (κ2) is 5.80. The van der Waals surface area contributed by atoms with E-state index in [4.69, 9.17) is 11.6 Å². The fraction of sp³-hybridized carbons (Fsp3) is 0.0769. The molecule has 1 aromatic heterocycles. The zero-order valence-electron chi connectivity index (χ0n) is 9.68. The standard InChI is InChI=1S/C13H11ClN2OS/c1-9(10-4-2-5-11(14)8-10)15-16-13(17)12-6-3-7-18-12/h2-8H,1H3,(H,16,17)/b15-9-. The van der Waals surface area contributed by atoms with Crippen LogP contribution in [-0.4, -0.2) is 11.6 Å². The number of nitrogens with one attached hydrogen (secondary N) is 1. The molecule has 92 valence electrons. The summed E-state index contributed by atoms with van der Waals surface area (Å²) in [6.45, 7) is 1.82. The molecule has 0 aliphatic heterocycles. The first-order valence-corrected chi connectivity index (χ1v) is 6.56. The Kier molecular flexibility index (Phi) is 4.12. The molecule has 0 saturated carbocycles. The molecule has 0 fully saturated rings. The normalized spacial score (nSPS) is 11.3. The van der Waals surface area contributed by atoms with Crippen LogP contribution in [0, 0.1) is 0 Å². The molecule has 0 atom stereocenters. The van der Waals surface area contributed by atoms with Gasteiger partial charge in [0.2, 0.25) is 0 Å². The molecule has 1 amide bonds. The van der Waals surface area contributed by atoms with Crippen molar-refractivity contribution in [3.63, 3.8) is 0 Å². The van der Waals surface area contributed by atoms with Gasteiger partial charge < -0.3 is 0 Å². The third-order valence-electron chi connectivity index (χ3n) is 2.31. The third kappa shape index (κ3) is 3.18. The van der Waals surface area contributed by atoms with E-state index in [9.17, 15) is 4.79 Å². The van der Waals surface area contributed by atoms with E-state index in [2.05, 4.69) is 10.5 Å². The molecule has 0 aliphatic carbocycles. The maximum absolute atomic E-state index is 11.7. The second-order valence-corrected chi connectivity index (χ2v) is 5.01. The highest BCUT2D eigenvalue weighted by atomic mass is 35.5. The second-order valence-electron chi connectivity index (χ2n) is 3.63. The summed E-state index contributed by atoms with van der Waals surface area (Å²) >= 11 is 7.27. The number of rotatable bonds is 3. The Morgan fingerprint density at radius 1 is 1.33 bits per heavy atom. The van der Waals surface area contributed by atoms with Gasteiger partial charge in [-0.2, -0.15) is 5.10 Å². The summed E-state index contributed by atoms with van der Waals surface area (Å²) in [5.41, 5.74) is 4.11. The van der Waals surface area contributed by atoms with Crippen molar-refractivity contribution in [1.82, 2.24) is 5.43 Å². The number of amides is 1. The van der Waals surface area contributed by atoms with E-state index in [0.717, 1.165) is 5.56 Å². The summed E-state index contributed by atoms with van der Waals surface area (Å²) in [4.78, 5) is 12.3. The van der Waals surface area contributed by atoms with Crippen LogP contribution in [0.4, 0.5) is 0 Å². The number of benzene rings is 1. The van der Waals surface area contributed by atoms with Crippen LogP contribution in [0.25, 0.3) is 0 Å². The van der Waals surface area contributed by atoms with Gasteiger partial charge in [-0.25, -0.2) is 5.43 Å². The largest absolute Gasteiger partial charge is 0.281 e. The van der Waals surface area contributed by atoms with E-state index in [-0.39, 0.29) is 5.91 Å². The van der Waals surface area contributed by atoms with Crippen LogP contribution in [-0.2, 0) is 0 Å². The molecule has 2 rings (SSSR count). The van der Waals surface area contributed by atoms with Crippen LogP contribution in [0.1, 0.15) is 22.2 Å². The van der Waals surface area contributed by atoms with Crippen LogP contribution in [0.2, 0.25) is 5.02 Å². The lowest BCUT2D eigenvalue weighted by Gasteiger charge is -2.02. The fourth-order valence-corrected chi connectivity index (χ4v) is 2.18. The van der Waals surface area contributed by atoms with Crippen molar-refractivity contribution in [3.8, 4) is 0 Å². The molecule has 18 heavy (non-hydrogen) atoms. The minimum Gasteiger partial charge on any atom is -0.266 e. The van der Waals surface area contributed by atoms with Crippen molar-refractivity contribution in [3.05, 3.63) is 57.2 Å². The molecule has 0 spiro atoms. The van der Waals surface area contributed by atoms with Crippen molar-refractivity contribution < 1.29 is 4.79 Å². The zero-order valence-corrected chi connectivity index (χ0v) is 11.3. The van der Waals surface area contributed by atoms with Crippen molar-refractivity contribution in [2.75, 3.05) is 0 Å². The zero-order chi connectivity index (χ0) is 13.0. The van der Waals surface area contributed by atoms with Gasteiger partial charge in [0.1, 0.15) is 0 Å². The van der Waals surface area contributed by atoms with Crippen molar-refractivity contribution in [1.29, 1.82) is 0 Å². The topological polar surface area (TPSA) is 41.5 Å². The van der Waals surface area contributed by atoms with Crippen molar-refractivity contribution in [2.45, 2.75) is 6.92 Å². The van der Waals surface area contributed by atoms with E-state index >= 15 is 0 Å². The Morgan fingerprint density at radius 3 is 2.83 bits per heavy atom. The van der Waals surface area contributed by atoms with Gasteiger partial charge in [0.15, 0.2) is 0 Å². The van der Waals surface area contributed by atoms with Crippen LogP contribution >= 0.6 is 22.9 Å². The summed E-state index contributed by atoms with van der Waals surface area (Å²) in [7, 11) is 0. The molecular formula is C13H11ClN2OS. The van der Waals surface area contributed by atoms with Crippen molar-refractivity contribution in [2.24, 2.45) is 5.10 Å². The number of halogens is 1. The molecule has 1 N–H and O–H groups in total. The Labute approximate surface area is 114 Å². The smallest absolute Gasteiger partial charge is 0.266 e. The molecule has 1 heterocycles. The van der Waals surface area contributed by atoms with Crippen LogP contribution in [0.15, 0.2) is 46.9 Å².